The fourth-order valence-corrected chi connectivity index (χ4v) is 2.15. The molecule has 0 bridgehead atoms. The molecule has 2 heterocycles. The third-order valence-electron chi connectivity index (χ3n) is 3.25. The maximum atomic E-state index is 11.9. The molecule has 5 heteroatoms. The van der Waals surface area contributed by atoms with Crippen molar-refractivity contribution in [2.24, 2.45) is 12.8 Å². The highest BCUT2D eigenvalue weighted by atomic mass is 16.5. The molecule has 1 aromatic heterocycles. The van der Waals surface area contributed by atoms with Crippen molar-refractivity contribution in [3.63, 3.8) is 0 Å². The van der Waals surface area contributed by atoms with Gasteiger partial charge in [0.05, 0.1) is 6.10 Å². The molecule has 0 saturated carbocycles. The fourth-order valence-electron chi connectivity index (χ4n) is 2.15. The number of ether oxygens (including phenoxy) is 1. The summed E-state index contributed by atoms with van der Waals surface area (Å²) in [5, 5.41) is 0. The number of hydrogen-bond donors (Lipinski definition) is 1. The third kappa shape index (κ3) is 2.92. The molecule has 17 heavy (non-hydrogen) atoms. The molecule has 0 radical (unpaired) electrons. The second-order valence-electron chi connectivity index (χ2n) is 4.48. The summed E-state index contributed by atoms with van der Waals surface area (Å²) in [6.07, 6.45) is 6.33. The second-order valence-corrected chi connectivity index (χ2v) is 4.48. The first kappa shape index (κ1) is 12.3. The lowest BCUT2D eigenvalue weighted by molar-refractivity contribution is -0.129. The largest absolute Gasteiger partial charge is 0.366 e. The van der Waals surface area contributed by atoms with Gasteiger partial charge in [-0.05, 0) is 12.8 Å². The van der Waals surface area contributed by atoms with Crippen molar-refractivity contribution < 1.29 is 9.53 Å². The Morgan fingerprint density at radius 2 is 2.47 bits per heavy atom. The number of Topliss-reactive ketones (excluding diaryl/α,β-unsaturated/α-hetero) is 1. The molecule has 2 rings (SSSR count). The molecule has 0 aliphatic carbocycles. The lowest BCUT2D eigenvalue weighted by atomic mass is 10.1. The van der Waals surface area contributed by atoms with Crippen LogP contribution in [0.4, 0.5) is 0 Å². The molecule has 0 spiro atoms. The van der Waals surface area contributed by atoms with Crippen LogP contribution in [0.5, 0.6) is 0 Å². The number of ketones is 1. The Labute approximate surface area is 101 Å². The van der Waals surface area contributed by atoms with Crippen molar-refractivity contribution in [1.29, 1.82) is 0 Å². The summed E-state index contributed by atoms with van der Waals surface area (Å²) < 4.78 is 7.51. The fraction of sp³-hybridized carbons (Fsp3) is 0.667. The summed E-state index contributed by atoms with van der Waals surface area (Å²) in [4.78, 5) is 16.1. The number of hydrogen-bond acceptors (Lipinski definition) is 4. The average Bonchev–Trinajstić information content (AvgIpc) is 2.94. The van der Waals surface area contributed by atoms with Crippen molar-refractivity contribution >= 4 is 5.78 Å². The molecular formula is C12H19N3O2. The van der Waals surface area contributed by atoms with Gasteiger partial charge in [0.2, 0.25) is 0 Å². The zero-order valence-corrected chi connectivity index (χ0v) is 10.1. The Hall–Kier alpha value is -1.20. The number of aromatic nitrogens is 2. The molecule has 1 aliphatic heterocycles. The summed E-state index contributed by atoms with van der Waals surface area (Å²) in [5.41, 5.74) is 5.52. The van der Waals surface area contributed by atoms with E-state index < -0.39 is 0 Å². The number of imidazole rings is 1. The predicted molar refractivity (Wildman–Crippen MR) is 63.5 cm³/mol. The van der Waals surface area contributed by atoms with Crippen LogP contribution >= 0.6 is 0 Å². The van der Waals surface area contributed by atoms with Crippen molar-refractivity contribution in [3.8, 4) is 0 Å². The Morgan fingerprint density at radius 3 is 3.06 bits per heavy atom. The number of nitrogens with zero attached hydrogens (tertiary/aromatic N) is 2. The van der Waals surface area contributed by atoms with Gasteiger partial charge in [-0.15, -0.1) is 0 Å². The lowest BCUT2D eigenvalue weighted by Gasteiger charge is -2.11. The minimum absolute atomic E-state index is 0.0668. The summed E-state index contributed by atoms with van der Waals surface area (Å²) in [6.45, 7) is 0.503. The van der Waals surface area contributed by atoms with E-state index in [4.69, 9.17) is 10.5 Å². The van der Waals surface area contributed by atoms with Gasteiger partial charge in [0.1, 0.15) is 11.9 Å². The molecule has 1 saturated heterocycles. The van der Waals surface area contributed by atoms with E-state index in [0.29, 0.717) is 19.4 Å². The highest BCUT2D eigenvalue weighted by Crippen LogP contribution is 2.20. The first-order chi connectivity index (χ1) is 8.20. The van der Waals surface area contributed by atoms with E-state index in [9.17, 15) is 4.79 Å². The highest BCUT2D eigenvalue weighted by Gasteiger charge is 2.29. The highest BCUT2D eigenvalue weighted by molar-refractivity contribution is 5.83. The van der Waals surface area contributed by atoms with E-state index in [1.807, 2.05) is 17.8 Å². The lowest BCUT2D eigenvalue weighted by Crippen LogP contribution is -2.25. The van der Waals surface area contributed by atoms with Crippen LogP contribution in [0, 0.1) is 0 Å². The quantitative estimate of drug-likeness (QED) is 0.806. The van der Waals surface area contributed by atoms with Gasteiger partial charge in [-0.25, -0.2) is 4.98 Å². The Kier molecular flexibility index (Phi) is 3.91. The zero-order chi connectivity index (χ0) is 12.3. The molecule has 2 atom stereocenters. The SMILES string of the molecule is Cn1ccnc1CCC(=O)C1CCC(CN)O1. The van der Waals surface area contributed by atoms with Gasteiger partial charge in [-0.2, -0.15) is 0 Å². The molecular weight excluding hydrogens is 218 g/mol. The molecule has 94 valence electrons. The smallest absolute Gasteiger partial charge is 0.162 e. The summed E-state index contributed by atoms with van der Waals surface area (Å²) in [6, 6.07) is 0. The van der Waals surface area contributed by atoms with Gasteiger partial charge in [0.25, 0.3) is 0 Å². The number of carbonyl (C=O) groups is 1. The topological polar surface area (TPSA) is 70.1 Å². The van der Waals surface area contributed by atoms with Crippen molar-refractivity contribution in [2.75, 3.05) is 6.54 Å². The number of rotatable bonds is 5. The predicted octanol–water partition coefficient (Wildman–Crippen LogP) is 0.428. The number of aryl methyl sites for hydroxylation is 2. The molecule has 1 aromatic rings. The number of nitrogens with two attached hydrogens (primary N) is 1. The average molecular weight is 237 g/mol. The minimum atomic E-state index is -0.246. The van der Waals surface area contributed by atoms with Crippen LogP contribution in [0.25, 0.3) is 0 Å². The van der Waals surface area contributed by atoms with Crippen LogP contribution in [0.3, 0.4) is 0 Å². The van der Waals surface area contributed by atoms with Gasteiger partial charge in [-0.3, -0.25) is 4.79 Å². The molecule has 1 fully saturated rings. The Bertz CT molecular complexity index is 389. The Morgan fingerprint density at radius 1 is 1.65 bits per heavy atom. The van der Waals surface area contributed by atoms with E-state index in [-0.39, 0.29) is 18.0 Å². The van der Waals surface area contributed by atoms with Crippen molar-refractivity contribution in [3.05, 3.63) is 18.2 Å². The van der Waals surface area contributed by atoms with Gasteiger partial charge >= 0.3 is 0 Å². The molecule has 0 aromatic carbocycles. The minimum Gasteiger partial charge on any atom is -0.366 e. The molecule has 5 nitrogen and oxygen atoms in total. The van der Waals surface area contributed by atoms with Gasteiger partial charge in [-0.1, -0.05) is 0 Å². The van der Waals surface area contributed by atoms with Crippen LogP contribution in [0.2, 0.25) is 0 Å². The molecule has 0 amide bonds. The van der Waals surface area contributed by atoms with Crippen LogP contribution in [0.1, 0.15) is 25.1 Å². The third-order valence-corrected chi connectivity index (χ3v) is 3.25. The molecule has 1 aliphatic rings. The Balaban J connectivity index is 1.80. The normalized spacial score (nSPS) is 24.1. The van der Waals surface area contributed by atoms with Crippen molar-refractivity contribution in [1.82, 2.24) is 9.55 Å². The van der Waals surface area contributed by atoms with Crippen LogP contribution in [-0.2, 0) is 23.0 Å². The summed E-state index contributed by atoms with van der Waals surface area (Å²) in [7, 11) is 1.93. The maximum absolute atomic E-state index is 11.9. The monoisotopic (exact) mass is 237 g/mol. The summed E-state index contributed by atoms with van der Waals surface area (Å²) >= 11 is 0. The molecule has 2 unspecified atom stereocenters. The first-order valence-electron chi connectivity index (χ1n) is 6.05. The number of carbonyl (C=O) groups excluding carboxylic acids is 1. The van der Waals surface area contributed by atoms with Crippen LogP contribution < -0.4 is 5.73 Å². The van der Waals surface area contributed by atoms with E-state index >= 15 is 0 Å². The van der Waals surface area contributed by atoms with Crippen molar-refractivity contribution in [2.45, 2.75) is 37.9 Å². The van der Waals surface area contributed by atoms with Gasteiger partial charge in [0.15, 0.2) is 5.78 Å². The van der Waals surface area contributed by atoms with E-state index in [1.54, 1.807) is 6.20 Å². The van der Waals surface area contributed by atoms with Gasteiger partial charge < -0.3 is 15.0 Å². The standard InChI is InChI=1S/C12H19N3O2/c1-15-7-6-14-12(15)5-3-10(16)11-4-2-9(8-13)17-11/h6-7,9,11H,2-5,8,13H2,1H3. The first-order valence-corrected chi connectivity index (χ1v) is 6.05. The zero-order valence-electron chi connectivity index (χ0n) is 10.1. The maximum Gasteiger partial charge on any atom is 0.162 e. The molecule has 2 N–H and O–H groups in total. The van der Waals surface area contributed by atoms with E-state index in [1.165, 1.54) is 0 Å². The van der Waals surface area contributed by atoms with Crippen LogP contribution in [-0.4, -0.2) is 34.1 Å². The van der Waals surface area contributed by atoms with Crippen LogP contribution in [0.15, 0.2) is 12.4 Å². The van der Waals surface area contributed by atoms with Gasteiger partial charge in [0, 0.05) is 38.8 Å². The second kappa shape index (κ2) is 5.42. The van der Waals surface area contributed by atoms with E-state index in [2.05, 4.69) is 4.98 Å². The summed E-state index contributed by atoms with van der Waals surface area (Å²) in [5.74, 6) is 1.11. The van der Waals surface area contributed by atoms with E-state index in [0.717, 1.165) is 18.7 Å².